The van der Waals surface area contributed by atoms with Crippen molar-refractivity contribution >= 4 is 5.82 Å². The number of nitrogens with one attached hydrogen (secondary N) is 1. The number of rotatable bonds is 2. The second kappa shape index (κ2) is 4.51. The summed E-state index contributed by atoms with van der Waals surface area (Å²) in [7, 11) is 0. The smallest absolute Gasteiger partial charge is 0.172 e. The molecule has 2 heterocycles. The fraction of sp³-hybridized carbons (Fsp3) is 0.286. The number of nitrogens with zero attached hydrogens (tertiary/aromatic N) is 2. The summed E-state index contributed by atoms with van der Waals surface area (Å²) in [5, 5.41) is 0. The molecule has 1 aliphatic rings. The molecule has 0 amide bonds. The summed E-state index contributed by atoms with van der Waals surface area (Å²) in [5.74, 6) is 7.73. The number of aromatic nitrogens is 2. The van der Waals surface area contributed by atoms with Gasteiger partial charge >= 0.3 is 0 Å². The maximum atomic E-state index is 5.89. The molecule has 0 saturated heterocycles. The Bertz CT molecular complexity index is 602. The Hall–Kier alpha value is -2.14. The highest BCUT2D eigenvalue weighted by molar-refractivity contribution is 5.45. The van der Waals surface area contributed by atoms with E-state index in [0.717, 1.165) is 23.4 Å². The highest BCUT2D eigenvalue weighted by Gasteiger charge is 2.27. The van der Waals surface area contributed by atoms with Crippen molar-refractivity contribution in [2.24, 2.45) is 5.84 Å². The van der Waals surface area contributed by atoms with Crippen LogP contribution < -0.4 is 16.0 Å². The van der Waals surface area contributed by atoms with Gasteiger partial charge in [-0.25, -0.2) is 15.8 Å². The lowest BCUT2D eigenvalue weighted by Gasteiger charge is -2.13. The van der Waals surface area contributed by atoms with Crippen LogP contribution in [0.4, 0.5) is 5.82 Å². The van der Waals surface area contributed by atoms with E-state index < -0.39 is 0 Å². The molecule has 0 saturated carbocycles. The predicted octanol–water partition coefficient (Wildman–Crippen LogP) is 2.06. The Morgan fingerprint density at radius 3 is 2.79 bits per heavy atom. The average Bonchev–Trinajstić information content (AvgIpc) is 2.85. The minimum absolute atomic E-state index is 0.135. The van der Waals surface area contributed by atoms with Crippen molar-refractivity contribution in [3.8, 4) is 5.75 Å². The van der Waals surface area contributed by atoms with Crippen LogP contribution >= 0.6 is 0 Å². The predicted molar refractivity (Wildman–Crippen MR) is 72.8 cm³/mol. The van der Waals surface area contributed by atoms with Crippen LogP contribution in [0.3, 0.4) is 0 Å². The molecule has 0 bridgehead atoms. The maximum absolute atomic E-state index is 5.89. The summed E-state index contributed by atoms with van der Waals surface area (Å²) in [6, 6.07) is 8.02. The highest BCUT2D eigenvalue weighted by Crippen LogP contribution is 2.35. The van der Waals surface area contributed by atoms with Gasteiger partial charge in [-0.2, -0.15) is 0 Å². The normalized spacial score (nSPS) is 16.9. The molecule has 1 atom stereocenters. The van der Waals surface area contributed by atoms with E-state index in [1.54, 1.807) is 0 Å². The Kier molecular flexibility index (Phi) is 2.83. The molecule has 1 aliphatic heterocycles. The third kappa shape index (κ3) is 2.02. The van der Waals surface area contributed by atoms with Gasteiger partial charge in [0.1, 0.15) is 11.6 Å². The molecular weight excluding hydrogens is 240 g/mol. The largest absolute Gasteiger partial charge is 0.482 e. The standard InChI is InChI=1S/C14H16N4O/c1-8-9(2)16-14(17-13(8)18-15)12-7-10-5-3-4-6-11(10)19-12/h3-6,12H,7,15H2,1-2H3,(H,16,17,18). The average molecular weight is 256 g/mol. The van der Waals surface area contributed by atoms with Crippen LogP contribution in [0.5, 0.6) is 5.75 Å². The van der Waals surface area contributed by atoms with Gasteiger partial charge in [-0.15, -0.1) is 0 Å². The monoisotopic (exact) mass is 256 g/mol. The lowest BCUT2D eigenvalue weighted by molar-refractivity contribution is 0.227. The summed E-state index contributed by atoms with van der Waals surface area (Å²) in [5.41, 5.74) is 5.68. The lowest BCUT2D eigenvalue weighted by atomic mass is 10.1. The van der Waals surface area contributed by atoms with Crippen LogP contribution in [0.1, 0.15) is 28.7 Å². The van der Waals surface area contributed by atoms with Crippen LogP contribution in [-0.2, 0) is 6.42 Å². The topological polar surface area (TPSA) is 73.1 Å². The third-order valence-electron chi connectivity index (χ3n) is 3.48. The maximum Gasteiger partial charge on any atom is 0.172 e. The first-order valence-electron chi connectivity index (χ1n) is 6.25. The molecule has 0 fully saturated rings. The second-order valence-electron chi connectivity index (χ2n) is 4.70. The van der Waals surface area contributed by atoms with E-state index in [4.69, 9.17) is 10.6 Å². The molecule has 0 radical (unpaired) electrons. The molecule has 19 heavy (non-hydrogen) atoms. The van der Waals surface area contributed by atoms with Crippen LogP contribution in [0.25, 0.3) is 0 Å². The van der Waals surface area contributed by atoms with Crippen molar-refractivity contribution in [3.05, 3.63) is 46.9 Å². The number of hydrazine groups is 1. The number of aryl methyl sites for hydroxylation is 1. The zero-order valence-electron chi connectivity index (χ0n) is 11.0. The minimum Gasteiger partial charge on any atom is -0.482 e. The van der Waals surface area contributed by atoms with Crippen molar-refractivity contribution in [2.45, 2.75) is 26.4 Å². The number of ether oxygens (including phenoxy) is 1. The first-order valence-corrected chi connectivity index (χ1v) is 6.25. The second-order valence-corrected chi connectivity index (χ2v) is 4.70. The first-order chi connectivity index (χ1) is 9.19. The van der Waals surface area contributed by atoms with Gasteiger partial charge in [0, 0.05) is 17.7 Å². The molecule has 0 spiro atoms. The van der Waals surface area contributed by atoms with E-state index in [0.29, 0.717) is 11.6 Å². The van der Waals surface area contributed by atoms with Gasteiger partial charge < -0.3 is 10.2 Å². The van der Waals surface area contributed by atoms with Gasteiger partial charge in [0.15, 0.2) is 11.9 Å². The summed E-state index contributed by atoms with van der Waals surface area (Å²) in [6.07, 6.45) is 0.659. The number of benzene rings is 1. The van der Waals surface area contributed by atoms with Crippen LogP contribution in [0, 0.1) is 13.8 Å². The zero-order valence-corrected chi connectivity index (χ0v) is 11.0. The molecular formula is C14H16N4O. The minimum atomic E-state index is -0.135. The molecule has 1 aromatic carbocycles. The number of para-hydroxylation sites is 1. The summed E-state index contributed by atoms with van der Waals surface area (Å²) >= 11 is 0. The fourth-order valence-corrected chi connectivity index (χ4v) is 2.26. The zero-order chi connectivity index (χ0) is 13.4. The number of nitrogens with two attached hydrogens (primary N) is 1. The molecule has 1 unspecified atom stereocenters. The third-order valence-corrected chi connectivity index (χ3v) is 3.48. The Morgan fingerprint density at radius 1 is 1.26 bits per heavy atom. The fourth-order valence-electron chi connectivity index (χ4n) is 2.26. The van der Waals surface area contributed by atoms with Crippen molar-refractivity contribution < 1.29 is 4.74 Å². The van der Waals surface area contributed by atoms with Crippen molar-refractivity contribution in [1.29, 1.82) is 0 Å². The molecule has 1 aromatic heterocycles. The molecule has 5 heteroatoms. The highest BCUT2D eigenvalue weighted by atomic mass is 16.5. The summed E-state index contributed by atoms with van der Waals surface area (Å²) < 4.78 is 5.89. The van der Waals surface area contributed by atoms with E-state index in [-0.39, 0.29) is 6.10 Å². The first kappa shape index (κ1) is 11.9. The number of fused-ring (bicyclic) bond motifs is 1. The van der Waals surface area contributed by atoms with Gasteiger partial charge in [0.2, 0.25) is 0 Å². The van der Waals surface area contributed by atoms with E-state index in [9.17, 15) is 0 Å². The van der Waals surface area contributed by atoms with Crippen molar-refractivity contribution in [1.82, 2.24) is 9.97 Å². The number of hydrogen-bond acceptors (Lipinski definition) is 5. The summed E-state index contributed by atoms with van der Waals surface area (Å²) in [4.78, 5) is 8.96. The van der Waals surface area contributed by atoms with E-state index in [1.807, 2.05) is 32.0 Å². The molecule has 98 valence electrons. The van der Waals surface area contributed by atoms with Crippen LogP contribution in [-0.4, -0.2) is 9.97 Å². The molecule has 5 nitrogen and oxygen atoms in total. The molecule has 3 rings (SSSR count). The number of anilines is 1. The summed E-state index contributed by atoms with van der Waals surface area (Å²) in [6.45, 7) is 3.89. The van der Waals surface area contributed by atoms with E-state index >= 15 is 0 Å². The number of nitrogen functional groups attached to an aromatic ring is 1. The SMILES string of the molecule is Cc1nc(C2Cc3ccccc3O2)nc(NN)c1C. The van der Waals surface area contributed by atoms with Gasteiger partial charge in [-0.3, -0.25) is 0 Å². The van der Waals surface area contributed by atoms with Gasteiger partial charge in [-0.1, -0.05) is 18.2 Å². The molecule has 3 N–H and O–H groups in total. The Labute approximate surface area is 111 Å². The molecule has 2 aromatic rings. The quantitative estimate of drug-likeness (QED) is 0.635. The van der Waals surface area contributed by atoms with E-state index in [2.05, 4.69) is 21.5 Å². The molecule has 0 aliphatic carbocycles. The lowest BCUT2D eigenvalue weighted by Crippen LogP contribution is -2.16. The Morgan fingerprint density at radius 2 is 2.05 bits per heavy atom. The van der Waals surface area contributed by atoms with Crippen molar-refractivity contribution in [2.75, 3.05) is 5.43 Å². The van der Waals surface area contributed by atoms with Crippen molar-refractivity contribution in [3.63, 3.8) is 0 Å². The van der Waals surface area contributed by atoms with Gasteiger partial charge in [0.25, 0.3) is 0 Å². The van der Waals surface area contributed by atoms with Gasteiger partial charge in [-0.05, 0) is 25.5 Å². The van der Waals surface area contributed by atoms with Crippen LogP contribution in [0.15, 0.2) is 24.3 Å². The van der Waals surface area contributed by atoms with Gasteiger partial charge in [0.05, 0.1) is 0 Å². The van der Waals surface area contributed by atoms with E-state index in [1.165, 1.54) is 5.56 Å². The van der Waals surface area contributed by atoms with Crippen LogP contribution in [0.2, 0.25) is 0 Å². The Balaban J connectivity index is 1.95. The number of hydrogen-bond donors (Lipinski definition) is 2.